The van der Waals surface area contributed by atoms with Crippen molar-refractivity contribution < 1.29 is 9.21 Å². The highest BCUT2D eigenvalue weighted by atomic mass is 16.3. The van der Waals surface area contributed by atoms with Gasteiger partial charge >= 0.3 is 0 Å². The molecule has 0 aromatic carbocycles. The summed E-state index contributed by atoms with van der Waals surface area (Å²) in [5.74, 6) is 3.14. The summed E-state index contributed by atoms with van der Waals surface area (Å²) < 4.78 is 5.71. The van der Waals surface area contributed by atoms with Crippen LogP contribution in [0.5, 0.6) is 0 Å². The summed E-state index contributed by atoms with van der Waals surface area (Å²) in [5.41, 5.74) is 5.29. The number of furan rings is 1. The summed E-state index contributed by atoms with van der Waals surface area (Å²) in [7, 11) is 1.73. The zero-order chi connectivity index (χ0) is 11.7. The summed E-state index contributed by atoms with van der Waals surface area (Å²) in [6.07, 6.45) is 1.21. The number of likely N-dealkylation sites (N-methyl/N-ethyl adjacent to an activating group) is 1. The van der Waals surface area contributed by atoms with Crippen LogP contribution in [0.4, 0.5) is 0 Å². The number of amides is 1. The number of rotatable bonds is 4. The molecule has 1 amide bonds. The van der Waals surface area contributed by atoms with E-state index in [2.05, 4.69) is 6.92 Å². The summed E-state index contributed by atoms with van der Waals surface area (Å²) >= 11 is 0. The lowest BCUT2D eigenvalue weighted by molar-refractivity contribution is -0.129. The van der Waals surface area contributed by atoms with Gasteiger partial charge in [-0.1, -0.05) is 6.92 Å². The summed E-state index contributed by atoms with van der Waals surface area (Å²) in [5, 5.41) is 0. The van der Waals surface area contributed by atoms with Crippen molar-refractivity contribution in [1.29, 1.82) is 0 Å². The topological polar surface area (TPSA) is 59.5 Å². The van der Waals surface area contributed by atoms with Crippen LogP contribution in [0, 0.1) is 5.92 Å². The predicted molar refractivity (Wildman–Crippen MR) is 60.8 cm³/mol. The third kappa shape index (κ3) is 2.27. The molecule has 16 heavy (non-hydrogen) atoms. The molecule has 88 valence electrons. The molecule has 2 atom stereocenters. The van der Waals surface area contributed by atoms with Crippen LogP contribution in [0.25, 0.3) is 0 Å². The predicted octanol–water partition coefficient (Wildman–Crippen LogP) is 1.32. The Hall–Kier alpha value is -1.29. The Bertz CT molecular complexity index is 386. The van der Waals surface area contributed by atoms with Gasteiger partial charge in [0.15, 0.2) is 0 Å². The van der Waals surface area contributed by atoms with E-state index in [1.54, 1.807) is 11.9 Å². The molecule has 0 radical (unpaired) electrons. The summed E-state index contributed by atoms with van der Waals surface area (Å²) in [6, 6.07) is 3.96. The van der Waals surface area contributed by atoms with Crippen LogP contribution in [-0.4, -0.2) is 24.4 Å². The van der Waals surface area contributed by atoms with Crippen LogP contribution in [0.2, 0.25) is 0 Å². The molecule has 1 aliphatic carbocycles. The third-order valence-electron chi connectivity index (χ3n) is 3.15. The van der Waals surface area contributed by atoms with Crippen molar-refractivity contribution in [2.24, 2.45) is 11.7 Å². The molecule has 1 heterocycles. The van der Waals surface area contributed by atoms with Gasteiger partial charge in [0.25, 0.3) is 0 Å². The van der Waals surface area contributed by atoms with E-state index in [-0.39, 0.29) is 12.5 Å². The monoisotopic (exact) mass is 222 g/mol. The van der Waals surface area contributed by atoms with Crippen LogP contribution >= 0.6 is 0 Å². The molecule has 4 heteroatoms. The number of carbonyl (C=O) groups excluding carboxylic acids is 1. The van der Waals surface area contributed by atoms with Gasteiger partial charge in [0.2, 0.25) is 5.91 Å². The van der Waals surface area contributed by atoms with Crippen molar-refractivity contribution >= 4 is 5.91 Å². The van der Waals surface area contributed by atoms with E-state index >= 15 is 0 Å². The summed E-state index contributed by atoms with van der Waals surface area (Å²) in [4.78, 5) is 12.9. The van der Waals surface area contributed by atoms with Gasteiger partial charge in [0, 0.05) is 13.0 Å². The highest BCUT2D eigenvalue weighted by Crippen LogP contribution is 2.47. The van der Waals surface area contributed by atoms with Gasteiger partial charge in [0.05, 0.1) is 13.1 Å². The Labute approximate surface area is 95.4 Å². The fourth-order valence-electron chi connectivity index (χ4n) is 1.88. The fourth-order valence-corrected chi connectivity index (χ4v) is 1.88. The molecular weight excluding hydrogens is 204 g/mol. The van der Waals surface area contributed by atoms with Gasteiger partial charge in [-0.2, -0.15) is 0 Å². The van der Waals surface area contributed by atoms with Gasteiger partial charge < -0.3 is 15.1 Å². The van der Waals surface area contributed by atoms with Gasteiger partial charge in [-0.25, -0.2) is 0 Å². The molecule has 0 bridgehead atoms. The van der Waals surface area contributed by atoms with E-state index in [1.807, 2.05) is 12.1 Å². The van der Waals surface area contributed by atoms with E-state index in [1.165, 1.54) is 6.42 Å². The Morgan fingerprint density at radius 1 is 1.62 bits per heavy atom. The Balaban J connectivity index is 1.95. The maximum absolute atomic E-state index is 11.3. The molecule has 1 saturated carbocycles. The molecule has 0 aliphatic heterocycles. The minimum Gasteiger partial charge on any atom is -0.464 e. The Kier molecular flexibility index (Phi) is 3.01. The van der Waals surface area contributed by atoms with Crippen LogP contribution in [0.15, 0.2) is 16.5 Å². The van der Waals surface area contributed by atoms with Gasteiger partial charge in [-0.05, 0) is 24.5 Å². The average Bonchev–Trinajstić information content (AvgIpc) is 2.82. The van der Waals surface area contributed by atoms with Crippen LogP contribution in [-0.2, 0) is 11.3 Å². The number of hydrogen-bond donors (Lipinski definition) is 1. The molecule has 2 unspecified atom stereocenters. The van der Waals surface area contributed by atoms with Crippen molar-refractivity contribution in [2.45, 2.75) is 25.8 Å². The van der Waals surface area contributed by atoms with Gasteiger partial charge in [-0.3, -0.25) is 4.79 Å². The molecule has 1 fully saturated rings. The first-order chi connectivity index (χ1) is 7.61. The van der Waals surface area contributed by atoms with E-state index in [4.69, 9.17) is 10.2 Å². The van der Waals surface area contributed by atoms with Crippen molar-refractivity contribution in [2.75, 3.05) is 13.6 Å². The standard InChI is InChI=1S/C12H18N2O2/c1-8-5-10(8)11-4-3-9(16-11)7-14(2)12(15)6-13/h3-4,8,10H,5-7,13H2,1-2H3. The molecule has 2 rings (SSSR count). The molecular formula is C12H18N2O2. The third-order valence-corrected chi connectivity index (χ3v) is 3.15. The smallest absolute Gasteiger partial charge is 0.236 e. The average molecular weight is 222 g/mol. The minimum absolute atomic E-state index is 0.0454. The molecule has 0 saturated heterocycles. The quantitative estimate of drug-likeness (QED) is 0.835. The van der Waals surface area contributed by atoms with Gasteiger partial charge in [0.1, 0.15) is 11.5 Å². The first-order valence-electron chi connectivity index (χ1n) is 5.64. The van der Waals surface area contributed by atoms with Crippen LogP contribution in [0.1, 0.15) is 30.8 Å². The number of hydrogen-bond acceptors (Lipinski definition) is 3. The van der Waals surface area contributed by atoms with E-state index in [9.17, 15) is 4.79 Å². The van der Waals surface area contributed by atoms with Gasteiger partial charge in [-0.15, -0.1) is 0 Å². The van der Waals surface area contributed by atoms with Crippen molar-refractivity contribution in [1.82, 2.24) is 4.90 Å². The maximum Gasteiger partial charge on any atom is 0.236 e. The lowest BCUT2D eigenvalue weighted by atomic mass is 10.3. The molecule has 1 aliphatic rings. The first-order valence-corrected chi connectivity index (χ1v) is 5.64. The van der Waals surface area contributed by atoms with E-state index < -0.39 is 0 Å². The first kappa shape index (κ1) is 11.2. The van der Waals surface area contributed by atoms with E-state index in [0.29, 0.717) is 12.5 Å². The Morgan fingerprint density at radius 3 is 2.88 bits per heavy atom. The van der Waals surface area contributed by atoms with Crippen LogP contribution < -0.4 is 5.73 Å². The minimum atomic E-state index is -0.0715. The van der Waals surface area contributed by atoms with Crippen molar-refractivity contribution in [3.8, 4) is 0 Å². The molecule has 1 aromatic heterocycles. The SMILES string of the molecule is CC1CC1c1ccc(CN(C)C(=O)CN)o1. The normalized spacial score (nSPS) is 23.2. The lowest BCUT2D eigenvalue weighted by Crippen LogP contribution is -2.31. The molecule has 1 aromatic rings. The Morgan fingerprint density at radius 2 is 2.31 bits per heavy atom. The largest absolute Gasteiger partial charge is 0.464 e. The maximum atomic E-state index is 11.3. The van der Waals surface area contributed by atoms with Crippen molar-refractivity contribution in [3.05, 3.63) is 23.7 Å². The number of carbonyl (C=O) groups is 1. The fraction of sp³-hybridized carbons (Fsp3) is 0.583. The molecule has 0 spiro atoms. The highest BCUT2D eigenvalue weighted by molar-refractivity contribution is 5.77. The lowest BCUT2D eigenvalue weighted by Gasteiger charge is -2.13. The highest BCUT2D eigenvalue weighted by Gasteiger charge is 2.36. The second-order valence-corrected chi connectivity index (χ2v) is 4.58. The van der Waals surface area contributed by atoms with E-state index in [0.717, 1.165) is 17.4 Å². The van der Waals surface area contributed by atoms with Crippen molar-refractivity contribution in [3.63, 3.8) is 0 Å². The summed E-state index contributed by atoms with van der Waals surface area (Å²) in [6.45, 7) is 2.76. The zero-order valence-corrected chi connectivity index (χ0v) is 9.77. The molecule has 4 nitrogen and oxygen atoms in total. The zero-order valence-electron chi connectivity index (χ0n) is 9.77. The second kappa shape index (κ2) is 4.29. The second-order valence-electron chi connectivity index (χ2n) is 4.58. The number of nitrogens with two attached hydrogens (primary N) is 1. The van der Waals surface area contributed by atoms with Crippen LogP contribution in [0.3, 0.4) is 0 Å². The molecule has 2 N–H and O–H groups in total. The number of nitrogens with zero attached hydrogens (tertiary/aromatic N) is 1.